The molecule has 0 radical (unpaired) electrons. The Balaban J connectivity index is 1.64. The Kier molecular flexibility index (Phi) is 5.07. The van der Waals surface area contributed by atoms with Gasteiger partial charge in [-0.3, -0.25) is 9.36 Å². The number of hydrogen-bond acceptors (Lipinski definition) is 5. The third kappa shape index (κ3) is 3.41. The molecule has 1 atom stereocenters. The van der Waals surface area contributed by atoms with E-state index in [-0.39, 0.29) is 12.2 Å². The molecule has 0 saturated carbocycles. The number of carbonyl (C=O) groups is 1. The summed E-state index contributed by atoms with van der Waals surface area (Å²) >= 11 is 1.62. The highest BCUT2D eigenvalue weighted by atomic mass is 32.1. The molecule has 0 bridgehead atoms. The van der Waals surface area contributed by atoms with Gasteiger partial charge >= 0.3 is 5.97 Å². The zero-order chi connectivity index (χ0) is 18.8. The van der Waals surface area contributed by atoms with Crippen LogP contribution in [0, 0.1) is 0 Å². The molecule has 1 aliphatic rings. The van der Waals surface area contributed by atoms with Crippen molar-refractivity contribution in [2.75, 3.05) is 0 Å². The minimum atomic E-state index is -0.655. The van der Waals surface area contributed by atoms with Crippen molar-refractivity contribution in [3.63, 3.8) is 0 Å². The first-order chi connectivity index (χ1) is 13.2. The van der Waals surface area contributed by atoms with Gasteiger partial charge in [0.05, 0.1) is 11.7 Å². The smallest absolute Gasteiger partial charge is 0.329 e. The van der Waals surface area contributed by atoms with Gasteiger partial charge in [0, 0.05) is 4.88 Å². The highest BCUT2D eigenvalue weighted by Gasteiger charge is 2.25. The molecular formula is C21H22N2O3S. The maximum absolute atomic E-state index is 13.2. The molecule has 0 amide bonds. The average Bonchev–Trinajstić information content (AvgIpc) is 3.09. The maximum atomic E-state index is 13.2. The number of rotatable bonds is 5. The molecule has 5 nitrogen and oxygen atoms in total. The number of esters is 1. The number of nitrogens with zero attached hydrogens (tertiary/aromatic N) is 2. The van der Waals surface area contributed by atoms with Gasteiger partial charge in [0.2, 0.25) is 0 Å². The molecule has 3 aromatic rings. The summed E-state index contributed by atoms with van der Waals surface area (Å²) in [7, 11) is 0. The Morgan fingerprint density at radius 2 is 2.04 bits per heavy atom. The number of aromatic nitrogens is 2. The fourth-order valence-electron chi connectivity index (χ4n) is 3.68. The highest BCUT2D eigenvalue weighted by molar-refractivity contribution is 7.18. The van der Waals surface area contributed by atoms with Gasteiger partial charge in [0.15, 0.2) is 0 Å². The predicted octanol–water partition coefficient (Wildman–Crippen LogP) is 4.03. The van der Waals surface area contributed by atoms with Crippen LogP contribution in [-0.2, 0) is 29.0 Å². The summed E-state index contributed by atoms with van der Waals surface area (Å²) in [5, 5.41) is 0.700. The van der Waals surface area contributed by atoms with Crippen molar-refractivity contribution in [2.45, 2.75) is 51.7 Å². The predicted molar refractivity (Wildman–Crippen MR) is 106 cm³/mol. The zero-order valence-corrected chi connectivity index (χ0v) is 16.1. The molecule has 0 fully saturated rings. The molecule has 4 rings (SSSR count). The largest absolute Gasteiger partial charge is 0.459 e. The lowest BCUT2D eigenvalue weighted by Crippen LogP contribution is -2.31. The van der Waals surface area contributed by atoms with E-state index in [1.165, 1.54) is 15.8 Å². The summed E-state index contributed by atoms with van der Waals surface area (Å²) in [5.74, 6) is -0.395. The standard InChI is InChI=1S/C21H22N2O3S/c1-2-16(21(25)26-12-14-8-4-3-5-9-14)23-13-22-19-18(20(23)24)15-10-6-7-11-17(15)27-19/h3-5,8-9,13,16H,2,6-7,10-12H2,1H3/t16-/m1/s1. The van der Waals surface area contributed by atoms with Crippen LogP contribution in [0.25, 0.3) is 10.2 Å². The second-order valence-electron chi connectivity index (χ2n) is 6.87. The Morgan fingerprint density at radius 3 is 2.81 bits per heavy atom. The molecule has 2 heterocycles. The van der Waals surface area contributed by atoms with E-state index in [0.29, 0.717) is 11.8 Å². The van der Waals surface area contributed by atoms with Crippen molar-refractivity contribution in [1.82, 2.24) is 9.55 Å². The van der Waals surface area contributed by atoms with Crippen LogP contribution in [0.4, 0.5) is 0 Å². The van der Waals surface area contributed by atoms with E-state index < -0.39 is 12.0 Å². The molecule has 27 heavy (non-hydrogen) atoms. The molecule has 0 aliphatic heterocycles. The monoisotopic (exact) mass is 382 g/mol. The highest BCUT2D eigenvalue weighted by Crippen LogP contribution is 2.33. The summed E-state index contributed by atoms with van der Waals surface area (Å²) in [6.45, 7) is 2.09. The Morgan fingerprint density at radius 1 is 1.26 bits per heavy atom. The topological polar surface area (TPSA) is 61.2 Å². The SMILES string of the molecule is CC[C@H](C(=O)OCc1ccccc1)n1cnc2sc3c(c2c1=O)CCCC3. The third-order valence-electron chi connectivity index (χ3n) is 5.12. The van der Waals surface area contributed by atoms with E-state index in [4.69, 9.17) is 4.74 Å². The van der Waals surface area contributed by atoms with Crippen molar-refractivity contribution in [1.29, 1.82) is 0 Å². The fraction of sp³-hybridized carbons (Fsp3) is 0.381. The lowest BCUT2D eigenvalue weighted by Gasteiger charge is -2.17. The van der Waals surface area contributed by atoms with Gasteiger partial charge in [-0.15, -0.1) is 11.3 Å². The van der Waals surface area contributed by atoms with Crippen LogP contribution in [0.2, 0.25) is 0 Å². The number of hydrogen-bond donors (Lipinski definition) is 0. The number of fused-ring (bicyclic) bond motifs is 3. The molecule has 1 aromatic carbocycles. The second-order valence-corrected chi connectivity index (χ2v) is 7.95. The van der Waals surface area contributed by atoms with Crippen LogP contribution < -0.4 is 5.56 Å². The van der Waals surface area contributed by atoms with E-state index in [2.05, 4.69) is 4.98 Å². The Bertz CT molecular complexity index is 1020. The van der Waals surface area contributed by atoms with Gasteiger partial charge in [-0.2, -0.15) is 0 Å². The van der Waals surface area contributed by atoms with E-state index in [1.54, 1.807) is 11.3 Å². The number of benzene rings is 1. The van der Waals surface area contributed by atoms with Gasteiger partial charge in [-0.1, -0.05) is 37.3 Å². The molecule has 0 saturated heterocycles. The molecule has 140 valence electrons. The molecule has 0 unspecified atom stereocenters. The van der Waals surface area contributed by atoms with Crippen LogP contribution >= 0.6 is 11.3 Å². The van der Waals surface area contributed by atoms with Crippen LogP contribution in [-0.4, -0.2) is 15.5 Å². The molecule has 6 heteroatoms. The lowest BCUT2D eigenvalue weighted by atomic mass is 9.97. The maximum Gasteiger partial charge on any atom is 0.329 e. The minimum Gasteiger partial charge on any atom is -0.459 e. The first-order valence-corrected chi connectivity index (χ1v) is 10.2. The van der Waals surface area contributed by atoms with E-state index in [0.717, 1.165) is 41.6 Å². The average molecular weight is 382 g/mol. The first-order valence-electron chi connectivity index (χ1n) is 9.41. The van der Waals surface area contributed by atoms with Gasteiger partial charge in [-0.25, -0.2) is 9.78 Å². The molecule has 2 aromatic heterocycles. The van der Waals surface area contributed by atoms with E-state index in [1.807, 2.05) is 37.3 Å². The first kappa shape index (κ1) is 17.9. The summed E-state index contributed by atoms with van der Waals surface area (Å²) in [5.41, 5.74) is 1.94. The summed E-state index contributed by atoms with van der Waals surface area (Å²) < 4.78 is 6.93. The van der Waals surface area contributed by atoms with Crippen molar-refractivity contribution in [2.24, 2.45) is 0 Å². The molecule has 0 spiro atoms. The van der Waals surface area contributed by atoms with Crippen molar-refractivity contribution < 1.29 is 9.53 Å². The zero-order valence-electron chi connectivity index (χ0n) is 15.3. The summed E-state index contributed by atoms with van der Waals surface area (Å²) in [6, 6.07) is 8.89. The molecule has 0 N–H and O–H groups in total. The number of carbonyl (C=O) groups excluding carboxylic acids is 1. The summed E-state index contributed by atoms with van der Waals surface area (Å²) in [6.07, 6.45) is 6.19. The minimum absolute atomic E-state index is 0.122. The van der Waals surface area contributed by atoms with Crippen molar-refractivity contribution in [3.05, 3.63) is 63.0 Å². The van der Waals surface area contributed by atoms with Crippen LogP contribution in [0.5, 0.6) is 0 Å². The normalized spacial score (nSPS) is 14.7. The van der Waals surface area contributed by atoms with Crippen molar-refractivity contribution >= 4 is 27.5 Å². The van der Waals surface area contributed by atoms with Gasteiger partial charge in [0.1, 0.15) is 17.5 Å². The van der Waals surface area contributed by atoms with Crippen LogP contribution in [0.1, 0.15) is 48.2 Å². The second kappa shape index (κ2) is 7.64. The lowest BCUT2D eigenvalue weighted by molar-refractivity contribution is -0.149. The number of thiophene rings is 1. The van der Waals surface area contributed by atoms with E-state index >= 15 is 0 Å². The quantitative estimate of drug-likeness (QED) is 0.625. The van der Waals surface area contributed by atoms with Gasteiger partial charge in [0.25, 0.3) is 5.56 Å². The van der Waals surface area contributed by atoms with Crippen LogP contribution in [0.15, 0.2) is 41.5 Å². The molecular weight excluding hydrogens is 360 g/mol. The van der Waals surface area contributed by atoms with Crippen LogP contribution in [0.3, 0.4) is 0 Å². The number of aryl methyl sites for hydroxylation is 2. The Labute approximate surface area is 161 Å². The van der Waals surface area contributed by atoms with E-state index in [9.17, 15) is 9.59 Å². The number of ether oxygens (including phenoxy) is 1. The van der Waals surface area contributed by atoms with Crippen molar-refractivity contribution in [3.8, 4) is 0 Å². The fourth-order valence-corrected chi connectivity index (χ4v) is 4.90. The van der Waals surface area contributed by atoms with Gasteiger partial charge < -0.3 is 4.74 Å². The summed E-state index contributed by atoms with van der Waals surface area (Å²) in [4.78, 5) is 32.4. The van der Waals surface area contributed by atoms with Gasteiger partial charge in [-0.05, 0) is 43.2 Å². The molecule has 1 aliphatic carbocycles. The third-order valence-corrected chi connectivity index (χ3v) is 6.32. The Hall–Kier alpha value is -2.47.